The third-order valence-corrected chi connectivity index (χ3v) is 4.83. The van der Waals surface area contributed by atoms with Crippen LogP contribution in [0.3, 0.4) is 0 Å². The molecule has 0 saturated carbocycles. The number of hydrogen-bond donors (Lipinski definition) is 7. The number of nitrogens with two attached hydrogens (primary N) is 2. The van der Waals surface area contributed by atoms with Crippen LogP contribution in [-0.4, -0.2) is 68.5 Å². The van der Waals surface area contributed by atoms with Crippen LogP contribution in [0.2, 0.25) is 0 Å². The highest BCUT2D eigenvalue weighted by molar-refractivity contribution is 5.79. The van der Waals surface area contributed by atoms with E-state index in [0.717, 1.165) is 0 Å². The molecule has 15 heteroatoms. The van der Waals surface area contributed by atoms with Crippen LogP contribution < -0.4 is 22.6 Å². The van der Waals surface area contributed by atoms with Gasteiger partial charge in [-0.1, -0.05) is 0 Å². The van der Waals surface area contributed by atoms with Crippen molar-refractivity contribution in [3.05, 3.63) is 20.7 Å². The number of fused-ring (bicyclic) bond motifs is 2. The molecular formula is C15H16N10O5. The molecule has 5 heterocycles. The summed E-state index contributed by atoms with van der Waals surface area (Å²) in [4.78, 5) is 48.7. The Labute approximate surface area is 164 Å². The number of nitrogen functional groups attached to an aromatic ring is 2. The maximum absolute atomic E-state index is 12.4. The minimum absolute atomic E-state index is 0.0480. The van der Waals surface area contributed by atoms with Crippen LogP contribution in [0, 0.1) is 0 Å². The summed E-state index contributed by atoms with van der Waals surface area (Å²) < 4.78 is 7.14. The van der Waals surface area contributed by atoms with E-state index in [-0.39, 0.29) is 52.3 Å². The molecule has 5 rings (SSSR count). The zero-order valence-electron chi connectivity index (χ0n) is 15.2. The third kappa shape index (κ3) is 2.64. The first-order chi connectivity index (χ1) is 14.4. The molecule has 1 aliphatic rings. The van der Waals surface area contributed by atoms with Gasteiger partial charge in [-0.2, -0.15) is 9.97 Å². The normalized spacial score (nSPS) is 21.7. The number of aromatic amines is 3. The van der Waals surface area contributed by atoms with Crippen molar-refractivity contribution in [3.8, 4) is 11.6 Å². The lowest BCUT2D eigenvalue weighted by Crippen LogP contribution is -2.24. The maximum atomic E-state index is 12.4. The highest BCUT2D eigenvalue weighted by Gasteiger charge is 2.37. The number of imidazole rings is 2. The molecule has 4 aromatic rings. The van der Waals surface area contributed by atoms with Crippen molar-refractivity contribution in [1.82, 2.24) is 39.5 Å². The predicted octanol–water partition coefficient (Wildman–Crippen LogP) is -2.45. The maximum Gasteiger partial charge on any atom is 0.280 e. The van der Waals surface area contributed by atoms with Gasteiger partial charge in [0.25, 0.3) is 11.1 Å². The SMILES string of the molecule is Nc1nc2c(nc(-c3nc4nc(N)[nH]c(=O)c4[nH]3)n2[C@H]2C[C@H](O)[C@@H](CO)O2)c(=O)[nH]1. The lowest BCUT2D eigenvalue weighted by Gasteiger charge is -2.15. The molecule has 1 saturated heterocycles. The average molecular weight is 416 g/mol. The highest BCUT2D eigenvalue weighted by atomic mass is 16.5. The van der Waals surface area contributed by atoms with Gasteiger partial charge in [-0.15, -0.1) is 0 Å². The Kier molecular flexibility index (Phi) is 3.85. The summed E-state index contributed by atoms with van der Waals surface area (Å²) in [5.74, 6) is -0.0682. The summed E-state index contributed by atoms with van der Waals surface area (Å²) in [6, 6.07) is 0. The van der Waals surface area contributed by atoms with Gasteiger partial charge < -0.3 is 31.4 Å². The minimum atomic E-state index is -0.954. The Balaban J connectivity index is 1.78. The standard InChI is InChI=1S/C15H16N10O5/c16-14-21-8-6(12(28)23-14)18-9(20-8)11-19-7-10(22-15(17)24-13(7)29)25(11)5-1-3(27)4(2-26)30-5/h3-5,26-27H,1-2H2,(H3,17,22,24,29)(H4,16,18,20,21,23,28)/t3-,4+,5+/m0/s1. The molecule has 0 spiro atoms. The summed E-state index contributed by atoms with van der Waals surface area (Å²) in [5, 5.41) is 19.6. The van der Waals surface area contributed by atoms with E-state index in [2.05, 4.69) is 34.9 Å². The number of hydrogen-bond acceptors (Lipinski definition) is 11. The molecule has 4 aromatic heterocycles. The van der Waals surface area contributed by atoms with E-state index in [1.54, 1.807) is 0 Å². The fourth-order valence-corrected chi connectivity index (χ4v) is 3.51. The molecule has 9 N–H and O–H groups in total. The van der Waals surface area contributed by atoms with Crippen LogP contribution in [0.15, 0.2) is 9.59 Å². The largest absolute Gasteiger partial charge is 0.394 e. The van der Waals surface area contributed by atoms with Crippen LogP contribution in [0.1, 0.15) is 12.6 Å². The minimum Gasteiger partial charge on any atom is -0.394 e. The molecule has 3 atom stereocenters. The van der Waals surface area contributed by atoms with Crippen molar-refractivity contribution >= 4 is 34.2 Å². The average Bonchev–Trinajstić information content (AvgIpc) is 3.35. The van der Waals surface area contributed by atoms with Gasteiger partial charge in [0.2, 0.25) is 11.9 Å². The number of nitrogens with zero attached hydrogens (tertiary/aromatic N) is 5. The smallest absolute Gasteiger partial charge is 0.280 e. The van der Waals surface area contributed by atoms with Crippen molar-refractivity contribution in [2.24, 2.45) is 0 Å². The van der Waals surface area contributed by atoms with Crippen LogP contribution in [-0.2, 0) is 4.74 Å². The Morgan fingerprint density at radius 1 is 1.07 bits per heavy atom. The first-order valence-corrected chi connectivity index (χ1v) is 8.83. The van der Waals surface area contributed by atoms with Gasteiger partial charge in [-0.25, -0.2) is 9.97 Å². The molecule has 1 fully saturated rings. The molecular weight excluding hydrogens is 400 g/mol. The summed E-state index contributed by atoms with van der Waals surface area (Å²) in [7, 11) is 0. The predicted molar refractivity (Wildman–Crippen MR) is 102 cm³/mol. The van der Waals surface area contributed by atoms with E-state index < -0.39 is 36.2 Å². The zero-order valence-corrected chi connectivity index (χ0v) is 15.2. The molecule has 15 nitrogen and oxygen atoms in total. The van der Waals surface area contributed by atoms with Gasteiger partial charge >= 0.3 is 0 Å². The number of nitrogens with one attached hydrogen (secondary N) is 3. The Hall–Kier alpha value is -3.82. The van der Waals surface area contributed by atoms with Gasteiger partial charge in [0, 0.05) is 6.42 Å². The molecule has 0 aliphatic carbocycles. The molecule has 1 aliphatic heterocycles. The molecule has 30 heavy (non-hydrogen) atoms. The highest BCUT2D eigenvalue weighted by Crippen LogP contribution is 2.34. The van der Waals surface area contributed by atoms with Crippen molar-refractivity contribution in [2.75, 3.05) is 18.1 Å². The van der Waals surface area contributed by atoms with Crippen LogP contribution in [0.4, 0.5) is 11.9 Å². The Bertz CT molecular complexity index is 1400. The van der Waals surface area contributed by atoms with Crippen LogP contribution in [0.25, 0.3) is 34.0 Å². The van der Waals surface area contributed by atoms with E-state index in [1.165, 1.54) is 4.57 Å². The fourth-order valence-electron chi connectivity index (χ4n) is 3.51. The van der Waals surface area contributed by atoms with Gasteiger partial charge in [0.05, 0.1) is 12.7 Å². The van der Waals surface area contributed by atoms with E-state index >= 15 is 0 Å². The molecule has 0 radical (unpaired) electrons. The molecule has 0 amide bonds. The molecule has 0 unspecified atom stereocenters. The van der Waals surface area contributed by atoms with Crippen LogP contribution >= 0.6 is 0 Å². The number of aliphatic hydroxyl groups excluding tert-OH is 2. The molecule has 156 valence electrons. The zero-order chi connectivity index (χ0) is 21.2. The number of H-pyrrole nitrogens is 3. The lowest BCUT2D eigenvalue weighted by atomic mass is 10.2. The monoisotopic (exact) mass is 416 g/mol. The third-order valence-electron chi connectivity index (χ3n) is 4.83. The second-order valence-electron chi connectivity index (χ2n) is 6.78. The second kappa shape index (κ2) is 6.34. The first kappa shape index (κ1) is 18.2. The van der Waals surface area contributed by atoms with E-state index in [9.17, 15) is 19.8 Å². The van der Waals surface area contributed by atoms with E-state index in [4.69, 9.17) is 16.2 Å². The Morgan fingerprint density at radius 3 is 2.53 bits per heavy atom. The van der Waals surface area contributed by atoms with Gasteiger partial charge in [0.15, 0.2) is 34.0 Å². The van der Waals surface area contributed by atoms with Crippen molar-refractivity contribution in [3.63, 3.8) is 0 Å². The molecule has 0 bridgehead atoms. The van der Waals surface area contributed by atoms with E-state index in [1.807, 2.05) is 0 Å². The number of rotatable bonds is 3. The number of aliphatic hydroxyl groups is 2. The van der Waals surface area contributed by atoms with Crippen LogP contribution in [0.5, 0.6) is 0 Å². The van der Waals surface area contributed by atoms with Gasteiger partial charge in [-0.3, -0.25) is 24.1 Å². The summed E-state index contributed by atoms with van der Waals surface area (Å²) in [5.41, 5.74) is 10.3. The topological polar surface area (TPSA) is 240 Å². The van der Waals surface area contributed by atoms with E-state index in [0.29, 0.717) is 0 Å². The number of ether oxygens (including phenoxy) is 1. The van der Waals surface area contributed by atoms with Crippen molar-refractivity contribution in [2.45, 2.75) is 24.9 Å². The van der Waals surface area contributed by atoms with Gasteiger partial charge in [0.1, 0.15) is 12.3 Å². The Morgan fingerprint density at radius 2 is 1.80 bits per heavy atom. The number of anilines is 2. The fraction of sp³-hybridized carbons (Fsp3) is 0.333. The lowest BCUT2D eigenvalue weighted by molar-refractivity contribution is -0.0427. The quantitative estimate of drug-likeness (QED) is 0.185. The van der Waals surface area contributed by atoms with Gasteiger partial charge in [-0.05, 0) is 0 Å². The number of aromatic nitrogens is 8. The van der Waals surface area contributed by atoms with Crippen molar-refractivity contribution in [1.29, 1.82) is 0 Å². The first-order valence-electron chi connectivity index (χ1n) is 8.83. The summed E-state index contributed by atoms with van der Waals surface area (Å²) in [6.07, 6.45) is -2.54. The molecule has 0 aromatic carbocycles. The van der Waals surface area contributed by atoms with Crippen molar-refractivity contribution < 1.29 is 14.9 Å². The summed E-state index contributed by atoms with van der Waals surface area (Å²) in [6.45, 7) is -0.404. The summed E-state index contributed by atoms with van der Waals surface area (Å²) >= 11 is 0. The second-order valence-corrected chi connectivity index (χ2v) is 6.78.